The molecule has 0 spiro atoms. The lowest BCUT2D eigenvalue weighted by molar-refractivity contribution is 0.122. The van der Waals surface area contributed by atoms with Crippen LogP contribution < -0.4 is 10.2 Å². The summed E-state index contributed by atoms with van der Waals surface area (Å²) in [6.45, 7) is 11.3. The fourth-order valence-corrected chi connectivity index (χ4v) is 4.00. The molecule has 0 saturated carbocycles. The maximum atomic E-state index is 5.43. The SMILES string of the molecule is CN=C(NCc1ccc(N2CCOCC2)cc1)N1CC(C)CC(C)C1.I. The van der Waals surface area contributed by atoms with Crippen molar-refractivity contribution in [1.29, 1.82) is 0 Å². The number of aliphatic imine (C=N–C) groups is 1. The number of rotatable bonds is 3. The van der Waals surface area contributed by atoms with Gasteiger partial charge in [-0.15, -0.1) is 24.0 Å². The first-order valence-electron chi connectivity index (χ1n) is 9.53. The maximum absolute atomic E-state index is 5.43. The Balaban J connectivity index is 0.00000243. The largest absolute Gasteiger partial charge is 0.378 e. The van der Waals surface area contributed by atoms with Crippen molar-refractivity contribution in [1.82, 2.24) is 10.2 Å². The van der Waals surface area contributed by atoms with Gasteiger partial charge in [-0.1, -0.05) is 26.0 Å². The lowest BCUT2D eigenvalue weighted by Gasteiger charge is -2.37. The molecule has 2 aliphatic heterocycles. The molecule has 5 nitrogen and oxygen atoms in total. The standard InChI is InChI=1S/C20H32N4O.HI/c1-16-12-17(2)15-24(14-16)20(21-3)22-13-18-4-6-19(7-5-18)23-8-10-25-11-9-23;/h4-7,16-17H,8-15H2,1-3H3,(H,21,22);1H. The van der Waals surface area contributed by atoms with E-state index in [1.54, 1.807) is 0 Å². The molecule has 2 unspecified atom stereocenters. The van der Waals surface area contributed by atoms with Gasteiger partial charge in [-0.05, 0) is 36.0 Å². The number of benzene rings is 1. The quantitative estimate of drug-likeness (QED) is 0.417. The minimum atomic E-state index is 0. The fourth-order valence-electron chi connectivity index (χ4n) is 4.00. The van der Waals surface area contributed by atoms with Crippen LogP contribution in [0.4, 0.5) is 5.69 Å². The minimum Gasteiger partial charge on any atom is -0.378 e. The topological polar surface area (TPSA) is 40.1 Å². The first kappa shape index (κ1) is 21.3. The Hall–Kier alpha value is -1.02. The molecule has 2 heterocycles. The van der Waals surface area contributed by atoms with Gasteiger partial charge in [0.25, 0.3) is 0 Å². The van der Waals surface area contributed by atoms with Crippen molar-refractivity contribution >= 4 is 35.6 Å². The molecule has 0 radical (unpaired) electrons. The summed E-state index contributed by atoms with van der Waals surface area (Å²) in [4.78, 5) is 9.28. The summed E-state index contributed by atoms with van der Waals surface area (Å²) in [5.74, 6) is 2.49. The minimum absolute atomic E-state index is 0. The van der Waals surface area contributed by atoms with E-state index >= 15 is 0 Å². The van der Waals surface area contributed by atoms with Gasteiger partial charge in [0.2, 0.25) is 0 Å². The zero-order valence-electron chi connectivity index (χ0n) is 16.3. The number of hydrogen-bond acceptors (Lipinski definition) is 3. The number of nitrogens with zero attached hydrogens (tertiary/aromatic N) is 3. The summed E-state index contributed by atoms with van der Waals surface area (Å²) in [6.07, 6.45) is 1.32. The molecule has 0 aromatic heterocycles. The molecule has 1 aromatic carbocycles. The highest BCUT2D eigenvalue weighted by molar-refractivity contribution is 14.0. The highest BCUT2D eigenvalue weighted by atomic mass is 127. The van der Waals surface area contributed by atoms with E-state index in [4.69, 9.17) is 4.74 Å². The average Bonchev–Trinajstić information content (AvgIpc) is 2.63. The number of ether oxygens (including phenoxy) is 1. The fraction of sp³-hybridized carbons (Fsp3) is 0.650. The van der Waals surface area contributed by atoms with Crippen molar-refractivity contribution < 1.29 is 4.74 Å². The van der Waals surface area contributed by atoms with Crippen LogP contribution in [0.1, 0.15) is 25.8 Å². The number of hydrogen-bond donors (Lipinski definition) is 1. The van der Waals surface area contributed by atoms with Crippen LogP contribution in [0, 0.1) is 11.8 Å². The number of piperidine rings is 1. The van der Waals surface area contributed by atoms with Gasteiger partial charge in [0, 0.05) is 45.5 Å². The van der Waals surface area contributed by atoms with Gasteiger partial charge in [0.05, 0.1) is 13.2 Å². The van der Waals surface area contributed by atoms with Gasteiger partial charge in [-0.3, -0.25) is 4.99 Å². The lowest BCUT2D eigenvalue weighted by Crippen LogP contribution is -2.48. The van der Waals surface area contributed by atoms with Crippen molar-refractivity contribution in [2.75, 3.05) is 51.3 Å². The molecule has 2 saturated heterocycles. The zero-order valence-corrected chi connectivity index (χ0v) is 18.6. The first-order chi connectivity index (χ1) is 12.2. The predicted molar refractivity (Wildman–Crippen MR) is 120 cm³/mol. The summed E-state index contributed by atoms with van der Waals surface area (Å²) in [7, 11) is 1.88. The first-order valence-corrected chi connectivity index (χ1v) is 9.53. The summed E-state index contributed by atoms with van der Waals surface area (Å²) in [6, 6.07) is 8.87. The van der Waals surface area contributed by atoms with Gasteiger partial charge in [-0.25, -0.2) is 0 Å². The van der Waals surface area contributed by atoms with E-state index in [0.717, 1.165) is 63.7 Å². The van der Waals surface area contributed by atoms with E-state index in [9.17, 15) is 0 Å². The molecule has 146 valence electrons. The molecule has 2 fully saturated rings. The molecule has 6 heteroatoms. The molecule has 0 bridgehead atoms. The number of nitrogens with one attached hydrogen (secondary N) is 1. The molecule has 1 N–H and O–H groups in total. The molecule has 0 amide bonds. The molecular weight excluding hydrogens is 439 g/mol. The Morgan fingerprint density at radius 1 is 1.12 bits per heavy atom. The highest BCUT2D eigenvalue weighted by Gasteiger charge is 2.23. The second kappa shape index (κ2) is 10.3. The van der Waals surface area contributed by atoms with Gasteiger partial charge in [0.1, 0.15) is 0 Å². The van der Waals surface area contributed by atoms with Crippen LogP contribution in [-0.4, -0.2) is 57.3 Å². The Kier molecular flexibility index (Phi) is 8.47. The van der Waals surface area contributed by atoms with Crippen molar-refractivity contribution in [2.45, 2.75) is 26.8 Å². The van der Waals surface area contributed by atoms with E-state index in [0.29, 0.717) is 0 Å². The number of halogens is 1. The van der Waals surface area contributed by atoms with Crippen LogP contribution in [0.3, 0.4) is 0 Å². The predicted octanol–water partition coefficient (Wildman–Crippen LogP) is 3.19. The smallest absolute Gasteiger partial charge is 0.193 e. The maximum Gasteiger partial charge on any atom is 0.193 e. The molecular formula is C20H33IN4O. The summed E-state index contributed by atoms with van der Waals surface area (Å²) < 4.78 is 5.43. The molecule has 2 aliphatic rings. The third-order valence-electron chi connectivity index (χ3n) is 5.14. The van der Waals surface area contributed by atoms with Crippen LogP contribution in [0.15, 0.2) is 29.3 Å². The van der Waals surface area contributed by atoms with Crippen LogP contribution in [-0.2, 0) is 11.3 Å². The highest BCUT2D eigenvalue weighted by Crippen LogP contribution is 2.21. The van der Waals surface area contributed by atoms with Crippen LogP contribution in [0.25, 0.3) is 0 Å². The molecule has 3 rings (SSSR count). The van der Waals surface area contributed by atoms with Gasteiger partial charge in [0.15, 0.2) is 5.96 Å². The number of morpholine rings is 1. The third kappa shape index (κ3) is 5.74. The van der Waals surface area contributed by atoms with Gasteiger partial charge < -0.3 is 19.9 Å². The van der Waals surface area contributed by atoms with Crippen molar-refractivity contribution in [3.63, 3.8) is 0 Å². The summed E-state index contributed by atoms with van der Waals surface area (Å²) >= 11 is 0. The van der Waals surface area contributed by atoms with Crippen LogP contribution >= 0.6 is 24.0 Å². The van der Waals surface area contributed by atoms with Gasteiger partial charge in [-0.2, -0.15) is 0 Å². The monoisotopic (exact) mass is 472 g/mol. The van der Waals surface area contributed by atoms with E-state index in [2.05, 4.69) is 58.2 Å². The van der Waals surface area contributed by atoms with Crippen LogP contribution in [0.2, 0.25) is 0 Å². The molecule has 26 heavy (non-hydrogen) atoms. The lowest BCUT2D eigenvalue weighted by atomic mass is 9.92. The number of anilines is 1. The van der Waals surface area contributed by atoms with Gasteiger partial charge >= 0.3 is 0 Å². The second-order valence-electron chi connectivity index (χ2n) is 7.52. The van der Waals surface area contributed by atoms with E-state index < -0.39 is 0 Å². The Morgan fingerprint density at radius 2 is 1.73 bits per heavy atom. The van der Waals surface area contributed by atoms with E-state index in [-0.39, 0.29) is 24.0 Å². The molecule has 0 aliphatic carbocycles. The number of guanidine groups is 1. The number of likely N-dealkylation sites (tertiary alicyclic amines) is 1. The second-order valence-corrected chi connectivity index (χ2v) is 7.52. The summed E-state index contributed by atoms with van der Waals surface area (Å²) in [5.41, 5.74) is 2.58. The van der Waals surface area contributed by atoms with Crippen LogP contribution in [0.5, 0.6) is 0 Å². The Bertz CT molecular complexity index is 562. The van der Waals surface area contributed by atoms with E-state index in [1.807, 2.05) is 7.05 Å². The Morgan fingerprint density at radius 3 is 2.31 bits per heavy atom. The normalized spacial score (nSPS) is 24.2. The van der Waals surface area contributed by atoms with Crippen molar-refractivity contribution in [3.05, 3.63) is 29.8 Å². The zero-order chi connectivity index (χ0) is 17.6. The average molecular weight is 472 g/mol. The molecule has 2 atom stereocenters. The van der Waals surface area contributed by atoms with Crippen molar-refractivity contribution in [2.24, 2.45) is 16.8 Å². The third-order valence-corrected chi connectivity index (χ3v) is 5.14. The Labute approximate surface area is 175 Å². The van der Waals surface area contributed by atoms with E-state index in [1.165, 1.54) is 17.7 Å². The summed E-state index contributed by atoms with van der Waals surface area (Å²) in [5, 5.41) is 3.54. The van der Waals surface area contributed by atoms with Crippen molar-refractivity contribution in [3.8, 4) is 0 Å². The molecule has 1 aromatic rings.